The summed E-state index contributed by atoms with van der Waals surface area (Å²) < 4.78 is 29.4. The van der Waals surface area contributed by atoms with Gasteiger partial charge in [0.15, 0.2) is 0 Å². The molecule has 0 radical (unpaired) electrons. The lowest BCUT2D eigenvalue weighted by Gasteiger charge is -2.27. The van der Waals surface area contributed by atoms with Gasteiger partial charge < -0.3 is 10.3 Å². The molecule has 1 saturated carbocycles. The van der Waals surface area contributed by atoms with Crippen LogP contribution >= 0.6 is 0 Å². The Balaban J connectivity index is 2.37. The van der Waals surface area contributed by atoms with Gasteiger partial charge >= 0.3 is 0 Å². The van der Waals surface area contributed by atoms with E-state index in [-0.39, 0.29) is 6.04 Å². The first-order valence-corrected chi connectivity index (χ1v) is 9.14. The van der Waals surface area contributed by atoms with Gasteiger partial charge in [0.25, 0.3) is 0 Å². The highest BCUT2D eigenvalue weighted by molar-refractivity contribution is 7.89. The van der Waals surface area contributed by atoms with Gasteiger partial charge in [-0.3, -0.25) is 0 Å². The van der Waals surface area contributed by atoms with Crippen LogP contribution < -0.4 is 5.73 Å². The Kier molecular flexibility index (Phi) is 4.80. The van der Waals surface area contributed by atoms with E-state index in [1.54, 1.807) is 16.6 Å². The number of aromatic nitrogens is 1. The highest BCUT2D eigenvalue weighted by Crippen LogP contribution is 2.37. The molecule has 0 bridgehead atoms. The molecule has 0 atom stereocenters. The molecule has 6 heteroatoms. The van der Waals surface area contributed by atoms with E-state index in [0.717, 1.165) is 18.5 Å². The van der Waals surface area contributed by atoms with Crippen LogP contribution in [0.2, 0.25) is 0 Å². The zero-order chi connectivity index (χ0) is 15.8. The molecular weight excluding hydrogens is 286 g/mol. The minimum Gasteiger partial charge on any atom is -0.346 e. The van der Waals surface area contributed by atoms with Crippen LogP contribution in [0.1, 0.15) is 52.3 Å². The molecule has 2 rings (SSSR count). The monoisotopic (exact) mass is 313 g/mol. The molecule has 5 nitrogen and oxygen atoms in total. The molecule has 0 unspecified atom stereocenters. The molecule has 0 saturated heterocycles. The first kappa shape index (κ1) is 16.5. The van der Waals surface area contributed by atoms with Gasteiger partial charge in [-0.1, -0.05) is 13.8 Å². The molecule has 1 aromatic heterocycles. The van der Waals surface area contributed by atoms with Gasteiger partial charge in [-0.05, 0) is 38.7 Å². The van der Waals surface area contributed by atoms with Gasteiger partial charge in [0.1, 0.15) is 4.90 Å². The summed E-state index contributed by atoms with van der Waals surface area (Å²) in [4.78, 5) is 0.379. The van der Waals surface area contributed by atoms with Crippen molar-refractivity contribution < 1.29 is 8.42 Å². The molecule has 120 valence electrons. The lowest BCUT2D eigenvalue weighted by atomic mass is 10.2. The Labute approximate surface area is 128 Å². The molecular formula is C15H27N3O2S. The third-order valence-electron chi connectivity index (χ3n) is 3.78. The first-order valence-electron chi connectivity index (χ1n) is 7.70. The van der Waals surface area contributed by atoms with Crippen molar-refractivity contribution in [3.63, 3.8) is 0 Å². The number of nitrogens with two attached hydrogens (primary N) is 1. The zero-order valence-corrected chi connectivity index (χ0v) is 14.2. The molecule has 1 aliphatic carbocycles. The Morgan fingerprint density at radius 3 is 2.38 bits per heavy atom. The maximum Gasteiger partial charge on any atom is 0.244 e. The highest BCUT2D eigenvalue weighted by atomic mass is 32.2. The Morgan fingerprint density at radius 2 is 1.95 bits per heavy atom. The second-order valence-corrected chi connectivity index (χ2v) is 8.46. The molecule has 0 spiro atoms. The average Bonchev–Trinajstić information content (AvgIpc) is 3.13. The Hall–Kier alpha value is -0.850. The summed E-state index contributed by atoms with van der Waals surface area (Å²) in [5, 5.41) is 0. The van der Waals surface area contributed by atoms with E-state index in [4.69, 9.17) is 5.73 Å². The maximum absolute atomic E-state index is 12.9. The number of rotatable bonds is 7. The maximum atomic E-state index is 12.9. The van der Waals surface area contributed by atoms with Gasteiger partial charge in [-0.15, -0.1) is 0 Å². The van der Waals surface area contributed by atoms with Gasteiger partial charge in [-0.2, -0.15) is 4.31 Å². The third-order valence-corrected chi connectivity index (χ3v) is 5.79. The predicted octanol–water partition coefficient (Wildman–Crippen LogP) is 2.34. The SMILES string of the molecule is CC(C)CN(C(C)C)S(=O)(=O)c1cc(CN)n(C2CC2)c1. The molecule has 1 aliphatic rings. The van der Waals surface area contributed by atoms with Crippen molar-refractivity contribution in [3.05, 3.63) is 18.0 Å². The third kappa shape index (κ3) is 3.49. The summed E-state index contributed by atoms with van der Waals surface area (Å²) in [6.45, 7) is 8.81. The fourth-order valence-electron chi connectivity index (χ4n) is 2.58. The van der Waals surface area contributed by atoms with Crippen LogP contribution in [-0.4, -0.2) is 29.9 Å². The van der Waals surface area contributed by atoms with Crippen molar-refractivity contribution in [2.75, 3.05) is 6.54 Å². The van der Waals surface area contributed by atoms with Crippen LogP contribution in [0.5, 0.6) is 0 Å². The van der Waals surface area contributed by atoms with E-state index in [2.05, 4.69) is 0 Å². The van der Waals surface area contributed by atoms with Gasteiger partial charge in [-0.25, -0.2) is 8.42 Å². The molecule has 2 N–H and O–H groups in total. The topological polar surface area (TPSA) is 68.3 Å². The molecule has 1 heterocycles. The van der Waals surface area contributed by atoms with E-state index in [9.17, 15) is 8.42 Å². The van der Waals surface area contributed by atoms with Crippen molar-refractivity contribution >= 4 is 10.0 Å². The summed E-state index contributed by atoms with van der Waals surface area (Å²) in [5.74, 6) is 0.293. The van der Waals surface area contributed by atoms with Crippen LogP contribution in [0.15, 0.2) is 17.2 Å². The smallest absolute Gasteiger partial charge is 0.244 e. The molecule has 21 heavy (non-hydrogen) atoms. The molecule has 0 aliphatic heterocycles. The quantitative estimate of drug-likeness (QED) is 0.840. The second kappa shape index (κ2) is 6.10. The fraction of sp³-hybridized carbons (Fsp3) is 0.733. The second-order valence-electron chi connectivity index (χ2n) is 6.57. The van der Waals surface area contributed by atoms with Crippen LogP contribution in [0, 0.1) is 5.92 Å². The van der Waals surface area contributed by atoms with Crippen LogP contribution in [0.3, 0.4) is 0 Å². The van der Waals surface area contributed by atoms with E-state index >= 15 is 0 Å². The van der Waals surface area contributed by atoms with E-state index in [1.807, 2.05) is 32.3 Å². The summed E-state index contributed by atoms with van der Waals surface area (Å²) in [6, 6.07) is 2.12. The lowest BCUT2D eigenvalue weighted by molar-refractivity contribution is 0.319. The number of hydrogen-bond donors (Lipinski definition) is 1. The summed E-state index contributed by atoms with van der Waals surface area (Å²) in [7, 11) is -3.46. The van der Waals surface area contributed by atoms with Crippen molar-refractivity contribution in [2.24, 2.45) is 11.7 Å². The van der Waals surface area contributed by atoms with E-state index in [0.29, 0.717) is 29.9 Å². The minimum atomic E-state index is -3.46. The number of hydrogen-bond acceptors (Lipinski definition) is 3. The van der Waals surface area contributed by atoms with Gasteiger partial charge in [0.05, 0.1) is 0 Å². The van der Waals surface area contributed by atoms with Crippen LogP contribution in [0.25, 0.3) is 0 Å². The largest absolute Gasteiger partial charge is 0.346 e. The fourth-order valence-corrected chi connectivity index (χ4v) is 4.43. The number of nitrogens with zero attached hydrogens (tertiary/aromatic N) is 2. The molecule has 1 aromatic rings. The standard InChI is InChI=1S/C15H27N3O2S/c1-11(2)9-18(12(3)4)21(19,20)15-7-14(8-16)17(10-15)13-5-6-13/h7,10-13H,5-6,8-9,16H2,1-4H3. The van der Waals surface area contributed by atoms with Crippen LogP contribution in [-0.2, 0) is 16.6 Å². The Bertz CT molecular complexity index is 586. The molecule has 0 aromatic carbocycles. The minimum absolute atomic E-state index is 0.0528. The van der Waals surface area contributed by atoms with E-state index < -0.39 is 10.0 Å². The summed E-state index contributed by atoms with van der Waals surface area (Å²) in [5.41, 5.74) is 6.67. The zero-order valence-electron chi connectivity index (χ0n) is 13.4. The molecule has 1 fully saturated rings. The van der Waals surface area contributed by atoms with Gasteiger partial charge in [0, 0.05) is 37.1 Å². The van der Waals surface area contributed by atoms with Crippen molar-refractivity contribution in [2.45, 2.75) is 64.1 Å². The average molecular weight is 313 g/mol. The molecule has 0 amide bonds. The van der Waals surface area contributed by atoms with E-state index in [1.165, 1.54) is 0 Å². The number of sulfonamides is 1. The lowest BCUT2D eigenvalue weighted by Crippen LogP contribution is -2.39. The van der Waals surface area contributed by atoms with Crippen molar-refractivity contribution in [1.82, 2.24) is 8.87 Å². The predicted molar refractivity (Wildman–Crippen MR) is 84.5 cm³/mol. The van der Waals surface area contributed by atoms with Gasteiger partial charge in [0.2, 0.25) is 10.0 Å². The normalized spacial score (nSPS) is 16.4. The first-order chi connectivity index (χ1) is 9.77. The van der Waals surface area contributed by atoms with Crippen molar-refractivity contribution in [1.29, 1.82) is 0 Å². The highest BCUT2D eigenvalue weighted by Gasteiger charge is 2.32. The Morgan fingerprint density at radius 1 is 1.33 bits per heavy atom. The van der Waals surface area contributed by atoms with Crippen molar-refractivity contribution in [3.8, 4) is 0 Å². The van der Waals surface area contributed by atoms with Crippen LogP contribution in [0.4, 0.5) is 0 Å². The summed E-state index contributed by atoms with van der Waals surface area (Å²) in [6.07, 6.45) is 3.99. The summed E-state index contributed by atoms with van der Waals surface area (Å²) >= 11 is 0.